The fraction of sp³-hybridized carbons (Fsp3) is 0.389. The Bertz CT molecular complexity index is 730. The highest BCUT2D eigenvalue weighted by atomic mass is 79.9. The summed E-state index contributed by atoms with van der Waals surface area (Å²) < 4.78 is 7.63. The first-order valence-corrected chi connectivity index (χ1v) is 9.32. The monoisotopic (exact) mass is 422 g/mol. The number of benzene rings is 1. The van der Waals surface area contributed by atoms with Crippen molar-refractivity contribution in [2.45, 2.75) is 39.3 Å². The quantitative estimate of drug-likeness (QED) is 0.632. The molecule has 0 aliphatic rings. The van der Waals surface area contributed by atoms with Gasteiger partial charge in [0.1, 0.15) is 12.4 Å². The summed E-state index contributed by atoms with van der Waals surface area (Å²) in [7, 11) is 0. The fourth-order valence-corrected chi connectivity index (χ4v) is 2.79. The largest absolute Gasteiger partial charge is 0.465 e. The van der Waals surface area contributed by atoms with E-state index in [1.54, 1.807) is 36.0 Å². The molecule has 0 bridgehead atoms. The number of ether oxygens (including phenoxy) is 1. The zero-order valence-electron chi connectivity index (χ0n) is 14.9. The van der Waals surface area contributed by atoms with Crippen molar-refractivity contribution in [3.63, 3.8) is 0 Å². The molecule has 0 saturated heterocycles. The summed E-state index contributed by atoms with van der Waals surface area (Å²) in [6.07, 6.45) is 4.89. The maximum absolute atomic E-state index is 12.4. The van der Waals surface area contributed by atoms with Crippen molar-refractivity contribution in [2.75, 3.05) is 11.9 Å². The van der Waals surface area contributed by atoms with Gasteiger partial charge in [-0.05, 0) is 37.6 Å². The number of hydrogen-bond acceptors (Lipinski definition) is 4. The second kappa shape index (κ2) is 9.96. The van der Waals surface area contributed by atoms with Crippen molar-refractivity contribution in [1.82, 2.24) is 14.9 Å². The molecule has 1 aromatic heterocycles. The smallest absolute Gasteiger partial charge is 0.325 e. The van der Waals surface area contributed by atoms with Gasteiger partial charge in [0, 0.05) is 22.6 Å². The van der Waals surface area contributed by atoms with Crippen LogP contribution in [0.4, 0.5) is 10.5 Å². The van der Waals surface area contributed by atoms with Crippen LogP contribution in [0.2, 0.25) is 0 Å². The number of rotatable bonds is 8. The summed E-state index contributed by atoms with van der Waals surface area (Å²) in [6, 6.07) is 6.69. The standard InChI is InChI=1S/C18H23BrN4O3/c1-3-5-15(17-20-10-11-23(17)12-16(24)26-4-2)22-18(25)21-14-8-6-13(19)7-9-14/h6-11,15H,3-5,12H2,1-2H3,(H2,21,22,25)/t15-/m0/s1. The van der Waals surface area contributed by atoms with Gasteiger partial charge in [-0.15, -0.1) is 0 Å². The maximum atomic E-state index is 12.4. The Hall–Kier alpha value is -2.35. The molecule has 0 aliphatic heterocycles. The number of imidazole rings is 1. The molecule has 2 amide bonds. The first-order valence-electron chi connectivity index (χ1n) is 8.53. The minimum atomic E-state index is -0.332. The van der Waals surface area contributed by atoms with Gasteiger partial charge in [-0.25, -0.2) is 9.78 Å². The van der Waals surface area contributed by atoms with Crippen LogP contribution < -0.4 is 10.6 Å². The molecule has 2 rings (SSSR count). The van der Waals surface area contributed by atoms with Crippen molar-refractivity contribution in [1.29, 1.82) is 0 Å². The number of hydrogen-bond donors (Lipinski definition) is 2. The second-order valence-corrected chi connectivity index (χ2v) is 6.58. The topological polar surface area (TPSA) is 85.3 Å². The molecule has 1 heterocycles. The molecule has 1 atom stereocenters. The molecule has 0 unspecified atom stereocenters. The van der Waals surface area contributed by atoms with Crippen LogP contribution in [0.3, 0.4) is 0 Å². The third-order valence-corrected chi connectivity index (χ3v) is 4.18. The lowest BCUT2D eigenvalue weighted by atomic mass is 10.1. The third kappa shape index (κ3) is 5.87. The normalized spacial score (nSPS) is 11.7. The predicted octanol–water partition coefficient (Wildman–Crippen LogP) is 3.87. The van der Waals surface area contributed by atoms with Gasteiger partial charge in [-0.1, -0.05) is 29.3 Å². The van der Waals surface area contributed by atoms with Crippen LogP contribution in [0, 0.1) is 0 Å². The highest BCUT2D eigenvalue weighted by Gasteiger charge is 2.20. The summed E-state index contributed by atoms with van der Waals surface area (Å²) in [5.41, 5.74) is 0.691. The van der Waals surface area contributed by atoms with Gasteiger partial charge in [0.05, 0.1) is 12.6 Å². The van der Waals surface area contributed by atoms with Gasteiger partial charge in [0.2, 0.25) is 0 Å². The zero-order chi connectivity index (χ0) is 18.9. The maximum Gasteiger partial charge on any atom is 0.325 e. The summed E-state index contributed by atoms with van der Waals surface area (Å²) in [4.78, 5) is 28.4. The molecule has 0 radical (unpaired) electrons. The minimum absolute atomic E-state index is 0.0688. The number of urea groups is 1. The van der Waals surface area contributed by atoms with Crippen LogP contribution >= 0.6 is 15.9 Å². The van der Waals surface area contributed by atoms with Gasteiger partial charge in [-0.2, -0.15) is 0 Å². The van der Waals surface area contributed by atoms with Crippen molar-refractivity contribution in [3.8, 4) is 0 Å². The Labute approximate surface area is 161 Å². The van der Waals surface area contributed by atoms with Crippen LogP contribution in [-0.2, 0) is 16.1 Å². The fourth-order valence-electron chi connectivity index (χ4n) is 2.52. The summed E-state index contributed by atoms with van der Waals surface area (Å²) >= 11 is 3.36. The molecule has 0 saturated carbocycles. The van der Waals surface area contributed by atoms with Crippen LogP contribution in [0.25, 0.3) is 0 Å². The number of amides is 2. The van der Waals surface area contributed by atoms with Gasteiger partial charge in [-0.3, -0.25) is 4.79 Å². The average molecular weight is 423 g/mol. The zero-order valence-corrected chi connectivity index (χ0v) is 16.5. The van der Waals surface area contributed by atoms with E-state index in [2.05, 4.69) is 31.5 Å². The van der Waals surface area contributed by atoms with Crippen LogP contribution in [-0.4, -0.2) is 28.2 Å². The van der Waals surface area contributed by atoms with Crippen molar-refractivity contribution < 1.29 is 14.3 Å². The number of nitrogens with one attached hydrogen (secondary N) is 2. The van der Waals surface area contributed by atoms with E-state index >= 15 is 0 Å². The number of carbonyl (C=O) groups excluding carboxylic acids is 2. The van der Waals surface area contributed by atoms with Crippen molar-refractivity contribution in [3.05, 3.63) is 47.0 Å². The molecule has 0 fully saturated rings. The molecular formula is C18H23BrN4O3. The molecule has 140 valence electrons. The highest BCUT2D eigenvalue weighted by molar-refractivity contribution is 9.10. The number of aromatic nitrogens is 2. The molecule has 0 spiro atoms. The summed E-state index contributed by atoms with van der Waals surface area (Å²) in [6.45, 7) is 4.19. The molecule has 0 aliphatic carbocycles. The predicted molar refractivity (Wildman–Crippen MR) is 103 cm³/mol. The van der Waals surface area contributed by atoms with Gasteiger partial charge in [0.25, 0.3) is 0 Å². The van der Waals surface area contributed by atoms with Gasteiger partial charge >= 0.3 is 12.0 Å². The number of anilines is 1. The lowest BCUT2D eigenvalue weighted by Crippen LogP contribution is -2.34. The highest BCUT2D eigenvalue weighted by Crippen LogP contribution is 2.18. The molecule has 8 heteroatoms. The van der Waals surface area contributed by atoms with E-state index in [9.17, 15) is 9.59 Å². The van der Waals surface area contributed by atoms with Gasteiger partial charge in [0.15, 0.2) is 0 Å². The SMILES string of the molecule is CCC[C@H](NC(=O)Nc1ccc(Br)cc1)c1nccn1CC(=O)OCC. The van der Waals surface area contributed by atoms with E-state index in [4.69, 9.17) is 4.74 Å². The van der Waals surface area contributed by atoms with E-state index < -0.39 is 0 Å². The molecule has 2 aromatic rings. The Kier molecular flexibility index (Phi) is 7.65. The summed E-state index contributed by atoms with van der Waals surface area (Å²) in [5.74, 6) is 0.298. The average Bonchev–Trinajstić information content (AvgIpc) is 3.04. The Morgan fingerprint density at radius 1 is 1.27 bits per heavy atom. The molecular weight excluding hydrogens is 400 g/mol. The molecule has 2 N–H and O–H groups in total. The van der Waals surface area contributed by atoms with E-state index in [1.807, 2.05) is 19.1 Å². The molecule has 1 aromatic carbocycles. The number of nitrogens with zero attached hydrogens (tertiary/aromatic N) is 2. The van der Waals surface area contributed by atoms with E-state index in [1.165, 1.54) is 0 Å². The van der Waals surface area contributed by atoms with E-state index in [0.29, 0.717) is 24.5 Å². The number of carbonyl (C=O) groups is 2. The van der Waals surface area contributed by atoms with Crippen molar-refractivity contribution in [2.24, 2.45) is 0 Å². The number of halogens is 1. The lowest BCUT2D eigenvalue weighted by Gasteiger charge is -2.19. The van der Waals surface area contributed by atoms with E-state index in [0.717, 1.165) is 10.9 Å². The Morgan fingerprint density at radius 2 is 2.00 bits per heavy atom. The first kappa shape index (κ1) is 20.0. The van der Waals surface area contributed by atoms with E-state index in [-0.39, 0.29) is 24.6 Å². The van der Waals surface area contributed by atoms with Crippen LogP contribution in [0.15, 0.2) is 41.1 Å². The number of esters is 1. The third-order valence-electron chi connectivity index (χ3n) is 3.65. The molecule has 7 nitrogen and oxygen atoms in total. The summed E-state index contributed by atoms with van der Waals surface area (Å²) in [5, 5.41) is 5.73. The van der Waals surface area contributed by atoms with Gasteiger partial charge < -0.3 is 19.9 Å². The minimum Gasteiger partial charge on any atom is -0.465 e. The van der Waals surface area contributed by atoms with Crippen molar-refractivity contribution >= 4 is 33.6 Å². The van der Waals surface area contributed by atoms with Crippen LogP contribution in [0.5, 0.6) is 0 Å². The molecule has 26 heavy (non-hydrogen) atoms. The van der Waals surface area contributed by atoms with Crippen LogP contribution in [0.1, 0.15) is 38.6 Å². The Balaban J connectivity index is 2.06. The Morgan fingerprint density at radius 3 is 2.65 bits per heavy atom. The first-order chi connectivity index (χ1) is 12.5. The lowest BCUT2D eigenvalue weighted by molar-refractivity contribution is -0.143. The second-order valence-electron chi connectivity index (χ2n) is 5.66.